The third-order valence-corrected chi connectivity index (χ3v) is 3.52. The van der Waals surface area contributed by atoms with Gasteiger partial charge in [0.15, 0.2) is 5.75 Å². The van der Waals surface area contributed by atoms with Gasteiger partial charge in [0.1, 0.15) is 0 Å². The first kappa shape index (κ1) is 15.4. The summed E-state index contributed by atoms with van der Waals surface area (Å²) in [6.07, 6.45) is 1.64. The van der Waals surface area contributed by atoms with Gasteiger partial charge in [0.2, 0.25) is 0 Å². The fraction of sp³-hybridized carbons (Fsp3) is 0.0588. The highest BCUT2D eigenvalue weighted by atomic mass is 16.6. The van der Waals surface area contributed by atoms with Crippen molar-refractivity contribution in [1.29, 1.82) is 0 Å². The third-order valence-electron chi connectivity index (χ3n) is 3.52. The molecule has 3 aromatic rings. The fourth-order valence-corrected chi connectivity index (χ4v) is 2.37. The summed E-state index contributed by atoms with van der Waals surface area (Å²) in [5, 5.41) is 14.7. The molecule has 0 aliphatic carbocycles. The van der Waals surface area contributed by atoms with Crippen LogP contribution in [0.3, 0.4) is 0 Å². The third kappa shape index (κ3) is 2.87. The number of nitrogens with zero attached hydrogens (tertiary/aromatic N) is 2. The van der Waals surface area contributed by atoms with Crippen LogP contribution in [0.2, 0.25) is 0 Å². The Morgan fingerprint density at radius 3 is 2.75 bits per heavy atom. The lowest BCUT2D eigenvalue weighted by molar-refractivity contribution is -0.385. The van der Waals surface area contributed by atoms with Gasteiger partial charge >= 0.3 is 5.69 Å². The van der Waals surface area contributed by atoms with E-state index in [0.29, 0.717) is 11.2 Å². The number of hydrogen-bond donors (Lipinski definition) is 1. The highest BCUT2D eigenvalue weighted by molar-refractivity contribution is 6.08. The van der Waals surface area contributed by atoms with E-state index in [2.05, 4.69) is 10.3 Å². The largest absolute Gasteiger partial charge is 0.490 e. The number of methoxy groups -OCH3 is 1. The summed E-state index contributed by atoms with van der Waals surface area (Å²) >= 11 is 0. The molecule has 0 saturated heterocycles. The SMILES string of the molecule is COc1ccc(C(=O)Nc2cccc3cccnc23)cc1[N+](=O)[O-]. The van der Waals surface area contributed by atoms with Crippen LogP contribution in [0.15, 0.2) is 54.7 Å². The van der Waals surface area contributed by atoms with Crippen molar-refractivity contribution in [3.8, 4) is 5.75 Å². The number of benzene rings is 2. The second-order valence-electron chi connectivity index (χ2n) is 4.98. The van der Waals surface area contributed by atoms with Gasteiger partial charge in [-0.3, -0.25) is 19.9 Å². The molecule has 0 aliphatic rings. The summed E-state index contributed by atoms with van der Waals surface area (Å²) in [7, 11) is 1.34. The van der Waals surface area contributed by atoms with Crippen molar-refractivity contribution in [2.45, 2.75) is 0 Å². The van der Waals surface area contributed by atoms with E-state index in [1.54, 1.807) is 24.4 Å². The number of carbonyl (C=O) groups is 1. The van der Waals surface area contributed by atoms with Gasteiger partial charge in [-0.25, -0.2) is 0 Å². The number of nitro groups is 1. The Hall–Kier alpha value is -3.48. The average molecular weight is 323 g/mol. The van der Waals surface area contributed by atoms with Crippen LogP contribution in [0.1, 0.15) is 10.4 Å². The molecule has 0 bridgehead atoms. The topological polar surface area (TPSA) is 94.4 Å². The van der Waals surface area contributed by atoms with Crippen molar-refractivity contribution < 1.29 is 14.5 Å². The lowest BCUT2D eigenvalue weighted by Crippen LogP contribution is -2.13. The van der Waals surface area contributed by atoms with Crippen LogP contribution in [-0.4, -0.2) is 22.9 Å². The first-order valence-corrected chi connectivity index (χ1v) is 7.07. The standard InChI is InChI=1S/C17H13N3O4/c1-24-15-8-7-12(10-14(15)20(22)23)17(21)19-13-6-2-4-11-5-3-9-18-16(11)13/h2-10H,1H3,(H,19,21). The van der Waals surface area contributed by atoms with Gasteiger partial charge in [-0.05, 0) is 24.3 Å². The Kier molecular flexibility index (Phi) is 4.07. The number of carbonyl (C=O) groups excluding carboxylic acids is 1. The molecule has 0 atom stereocenters. The summed E-state index contributed by atoms with van der Waals surface area (Å²) in [6.45, 7) is 0. The number of para-hydroxylation sites is 1. The van der Waals surface area contributed by atoms with E-state index >= 15 is 0 Å². The molecule has 1 amide bonds. The van der Waals surface area contributed by atoms with Crippen molar-refractivity contribution in [2.24, 2.45) is 0 Å². The molecule has 1 aromatic heterocycles. The molecule has 1 N–H and O–H groups in total. The van der Waals surface area contributed by atoms with E-state index in [4.69, 9.17) is 4.74 Å². The number of anilines is 1. The van der Waals surface area contributed by atoms with E-state index in [-0.39, 0.29) is 17.0 Å². The number of amides is 1. The molecule has 24 heavy (non-hydrogen) atoms. The Morgan fingerprint density at radius 1 is 1.21 bits per heavy atom. The lowest BCUT2D eigenvalue weighted by atomic mass is 10.1. The van der Waals surface area contributed by atoms with Crippen LogP contribution in [0.5, 0.6) is 5.75 Å². The van der Waals surface area contributed by atoms with Crippen LogP contribution in [-0.2, 0) is 0 Å². The second-order valence-corrected chi connectivity index (χ2v) is 4.98. The van der Waals surface area contributed by atoms with E-state index in [9.17, 15) is 14.9 Å². The molecule has 0 spiro atoms. The quantitative estimate of drug-likeness (QED) is 0.586. The van der Waals surface area contributed by atoms with Gasteiger partial charge in [0.25, 0.3) is 5.91 Å². The number of fused-ring (bicyclic) bond motifs is 1. The molecular weight excluding hydrogens is 310 g/mol. The van der Waals surface area contributed by atoms with Crippen molar-refractivity contribution in [1.82, 2.24) is 4.98 Å². The molecule has 7 heteroatoms. The summed E-state index contributed by atoms with van der Waals surface area (Å²) in [5.74, 6) is -0.359. The van der Waals surface area contributed by atoms with Gasteiger partial charge in [-0.1, -0.05) is 18.2 Å². The van der Waals surface area contributed by atoms with Crippen LogP contribution < -0.4 is 10.1 Å². The number of hydrogen-bond acceptors (Lipinski definition) is 5. The minimum absolute atomic E-state index is 0.100. The minimum Gasteiger partial charge on any atom is -0.490 e. The molecule has 7 nitrogen and oxygen atoms in total. The lowest BCUT2D eigenvalue weighted by Gasteiger charge is -2.09. The van der Waals surface area contributed by atoms with Crippen LogP contribution in [0.4, 0.5) is 11.4 Å². The number of nitrogens with one attached hydrogen (secondary N) is 1. The number of rotatable bonds is 4. The minimum atomic E-state index is -0.588. The smallest absolute Gasteiger partial charge is 0.311 e. The maximum absolute atomic E-state index is 12.4. The second kappa shape index (κ2) is 6.33. The number of nitro benzene ring substituents is 1. The summed E-state index contributed by atoms with van der Waals surface area (Å²) in [5.41, 5.74) is 1.09. The van der Waals surface area contributed by atoms with Crippen molar-refractivity contribution in [3.05, 3.63) is 70.4 Å². The molecule has 120 valence electrons. The molecule has 1 heterocycles. The van der Waals surface area contributed by atoms with Gasteiger partial charge in [-0.15, -0.1) is 0 Å². The molecule has 0 unspecified atom stereocenters. The Morgan fingerprint density at radius 2 is 2.00 bits per heavy atom. The highest BCUT2D eigenvalue weighted by Gasteiger charge is 2.18. The maximum Gasteiger partial charge on any atom is 0.311 e. The first-order valence-electron chi connectivity index (χ1n) is 7.07. The van der Waals surface area contributed by atoms with Gasteiger partial charge in [0.05, 0.1) is 23.2 Å². The highest BCUT2D eigenvalue weighted by Crippen LogP contribution is 2.28. The molecule has 0 radical (unpaired) electrons. The Labute approximate surface area is 137 Å². The van der Waals surface area contributed by atoms with Crippen LogP contribution >= 0.6 is 0 Å². The normalized spacial score (nSPS) is 10.4. The summed E-state index contributed by atoms with van der Waals surface area (Å²) in [4.78, 5) is 27.2. The van der Waals surface area contributed by atoms with Crippen LogP contribution in [0, 0.1) is 10.1 Å². The molecule has 3 rings (SSSR count). The molecule has 0 saturated carbocycles. The number of aromatic nitrogens is 1. The predicted molar refractivity (Wildman–Crippen MR) is 89.3 cm³/mol. The van der Waals surface area contributed by atoms with Gasteiger partial charge < -0.3 is 10.1 Å². The zero-order valence-electron chi connectivity index (χ0n) is 12.7. The molecule has 0 fully saturated rings. The van der Waals surface area contributed by atoms with Gasteiger partial charge in [0, 0.05) is 23.2 Å². The average Bonchev–Trinajstić information content (AvgIpc) is 2.61. The fourth-order valence-electron chi connectivity index (χ4n) is 2.37. The molecule has 0 aliphatic heterocycles. The zero-order chi connectivity index (χ0) is 17.1. The Balaban J connectivity index is 1.95. The van der Waals surface area contributed by atoms with Crippen molar-refractivity contribution in [3.63, 3.8) is 0 Å². The van der Waals surface area contributed by atoms with Crippen molar-refractivity contribution >= 4 is 28.2 Å². The molecular formula is C17H13N3O4. The monoisotopic (exact) mass is 323 g/mol. The van der Waals surface area contributed by atoms with Crippen LogP contribution in [0.25, 0.3) is 10.9 Å². The molecule has 2 aromatic carbocycles. The van der Waals surface area contributed by atoms with E-state index in [1.165, 1.54) is 25.3 Å². The van der Waals surface area contributed by atoms with Crippen molar-refractivity contribution in [2.75, 3.05) is 12.4 Å². The summed E-state index contributed by atoms with van der Waals surface area (Å²) < 4.78 is 4.93. The first-order chi connectivity index (χ1) is 11.6. The van der Waals surface area contributed by atoms with E-state index in [1.807, 2.05) is 12.1 Å². The van der Waals surface area contributed by atoms with E-state index in [0.717, 1.165) is 5.39 Å². The van der Waals surface area contributed by atoms with E-state index < -0.39 is 10.8 Å². The zero-order valence-corrected chi connectivity index (χ0v) is 12.7. The number of pyridine rings is 1. The Bertz CT molecular complexity index is 935. The predicted octanol–water partition coefficient (Wildman–Crippen LogP) is 3.40. The van der Waals surface area contributed by atoms with Gasteiger partial charge in [-0.2, -0.15) is 0 Å². The summed E-state index contributed by atoms with van der Waals surface area (Å²) in [6, 6.07) is 13.2. The number of ether oxygens (including phenoxy) is 1. The maximum atomic E-state index is 12.4.